The first-order valence-corrected chi connectivity index (χ1v) is 19.9. The molecular weight excluding hydrogens is 646 g/mol. The number of cyclic esters (lactones) is 1. The van der Waals surface area contributed by atoms with E-state index in [-0.39, 0.29) is 40.4 Å². The minimum Gasteiger partial charge on any atom is -0.463 e. The fraction of sp³-hybridized carbons (Fsp3) is 0.881. The first-order valence-electron chi connectivity index (χ1n) is 19.9. The molecule has 6 saturated carbocycles. The number of rotatable bonds is 9. The van der Waals surface area contributed by atoms with Crippen LogP contribution in [0.2, 0.25) is 0 Å². The summed E-state index contributed by atoms with van der Waals surface area (Å²) in [5.41, 5.74) is -1.33. The van der Waals surface area contributed by atoms with E-state index in [4.69, 9.17) is 24.2 Å². The fourth-order valence-corrected chi connectivity index (χ4v) is 8.56. The van der Waals surface area contributed by atoms with E-state index in [1.165, 1.54) is 58.3 Å². The maximum atomic E-state index is 12.5. The third-order valence-electron chi connectivity index (χ3n) is 13.4. The molecule has 1 saturated heterocycles. The van der Waals surface area contributed by atoms with Gasteiger partial charge in [0.2, 0.25) is 6.10 Å². The molecule has 6 aliphatic carbocycles. The number of nitrogens with zero attached hydrogens (tertiary/aromatic N) is 1. The molecule has 7 aliphatic rings. The molecule has 1 heterocycles. The predicted molar refractivity (Wildman–Crippen MR) is 196 cm³/mol. The summed E-state index contributed by atoms with van der Waals surface area (Å²) in [6, 6.07) is 1.75. The molecule has 9 nitrogen and oxygen atoms in total. The Morgan fingerprint density at radius 2 is 1.20 bits per heavy atom. The third-order valence-corrected chi connectivity index (χ3v) is 13.4. The highest BCUT2D eigenvalue weighted by atomic mass is 16.6. The maximum Gasteiger partial charge on any atom is 0.347 e. The maximum absolute atomic E-state index is 12.5. The van der Waals surface area contributed by atoms with Gasteiger partial charge in [-0.1, -0.05) is 20.8 Å². The SMILES string of the molecule is CC#N.CCC(C)(C)C(=O)OC1(C)C2CC3CC(C2)CC1C3.CCC(C)(C)C(=O)OC1CC2CCC1C2.CCC(C)(C)C(=O)OC1CCOC1=O. The van der Waals surface area contributed by atoms with Gasteiger partial charge in [0.1, 0.15) is 11.7 Å². The van der Waals surface area contributed by atoms with Gasteiger partial charge in [-0.2, -0.15) is 5.26 Å². The van der Waals surface area contributed by atoms with Crippen molar-refractivity contribution < 1.29 is 38.1 Å². The summed E-state index contributed by atoms with van der Waals surface area (Å²) >= 11 is 0. The largest absolute Gasteiger partial charge is 0.463 e. The van der Waals surface area contributed by atoms with Crippen LogP contribution in [-0.2, 0) is 38.1 Å². The normalized spacial score (nSPS) is 32.9. The quantitative estimate of drug-likeness (QED) is 0.169. The average molecular weight is 716 g/mol. The lowest BCUT2D eigenvalue weighted by atomic mass is 9.50. The summed E-state index contributed by atoms with van der Waals surface area (Å²) in [6.45, 7) is 21.6. The van der Waals surface area contributed by atoms with Crippen LogP contribution in [0.5, 0.6) is 0 Å². The number of hydrogen-bond donors (Lipinski definition) is 0. The molecule has 4 unspecified atom stereocenters. The van der Waals surface area contributed by atoms with Crippen LogP contribution in [0.15, 0.2) is 0 Å². The summed E-state index contributed by atoms with van der Waals surface area (Å²) < 4.78 is 21.6. The van der Waals surface area contributed by atoms with Crippen molar-refractivity contribution in [1.29, 1.82) is 5.26 Å². The number of carbonyl (C=O) groups excluding carboxylic acids is 4. The van der Waals surface area contributed by atoms with Crippen molar-refractivity contribution in [2.24, 2.45) is 51.8 Å². The second-order valence-electron chi connectivity index (χ2n) is 18.3. The molecular formula is C42H69NO8. The Kier molecular flexibility index (Phi) is 14.6. The lowest BCUT2D eigenvalue weighted by Gasteiger charge is -2.59. The Morgan fingerprint density at radius 1 is 0.725 bits per heavy atom. The molecule has 0 aromatic rings. The first kappa shape index (κ1) is 42.8. The fourth-order valence-electron chi connectivity index (χ4n) is 8.56. The zero-order valence-electron chi connectivity index (χ0n) is 33.7. The highest BCUT2D eigenvalue weighted by molar-refractivity contribution is 5.82. The van der Waals surface area contributed by atoms with Gasteiger partial charge in [0.25, 0.3) is 0 Å². The standard InChI is InChI=1S/C17H28O2.C13H22O2.C10H16O4.C2H3N/c1-5-16(2,3)15(18)19-17(4)13-7-11-6-12(9-13)10-14(17)8-11;1-4-13(2,3)12(14)15-11-8-9-5-6-10(11)7-9;1-4-10(2,3)9(12)14-7-5-6-13-8(7)11;1-2-3/h11-14H,5-10H2,1-4H3;9-11H,4-8H2,1-3H3;7H,4-6H2,1-3H3;1H3. The Bertz CT molecular complexity index is 1230. The van der Waals surface area contributed by atoms with Crippen molar-refractivity contribution in [3.05, 3.63) is 0 Å². The number of fused-ring (bicyclic) bond motifs is 2. The van der Waals surface area contributed by atoms with E-state index in [9.17, 15) is 19.2 Å². The van der Waals surface area contributed by atoms with Crippen molar-refractivity contribution in [3.63, 3.8) is 0 Å². The molecule has 290 valence electrons. The van der Waals surface area contributed by atoms with Crippen LogP contribution in [0.3, 0.4) is 0 Å². The van der Waals surface area contributed by atoms with Gasteiger partial charge in [-0.15, -0.1) is 0 Å². The molecule has 7 rings (SSSR count). The highest BCUT2D eigenvalue weighted by Gasteiger charge is 2.57. The molecule has 9 heteroatoms. The molecule has 0 aromatic heterocycles. The second-order valence-corrected chi connectivity index (χ2v) is 18.3. The van der Waals surface area contributed by atoms with E-state index in [0.717, 1.165) is 37.0 Å². The topological polar surface area (TPSA) is 129 Å². The molecule has 0 N–H and O–H groups in total. The smallest absolute Gasteiger partial charge is 0.347 e. The number of carbonyl (C=O) groups is 4. The summed E-state index contributed by atoms with van der Waals surface area (Å²) in [5.74, 6) is 3.88. The number of esters is 4. The molecule has 7 fully saturated rings. The monoisotopic (exact) mass is 716 g/mol. The molecule has 0 aromatic carbocycles. The predicted octanol–water partition coefficient (Wildman–Crippen LogP) is 9.15. The molecule has 0 amide bonds. The van der Waals surface area contributed by atoms with E-state index in [2.05, 4.69) is 13.8 Å². The van der Waals surface area contributed by atoms with E-state index in [0.29, 0.717) is 37.2 Å². The first-order chi connectivity index (χ1) is 23.8. The van der Waals surface area contributed by atoms with Gasteiger partial charge < -0.3 is 18.9 Å². The van der Waals surface area contributed by atoms with Gasteiger partial charge in [0.15, 0.2) is 0 Å². The van der Waals surface area contributed by atoms with E-state index in [1.54, 1.807) is 19.9 Å². The summed E-state index contributed by atoms with van der Waals surface area (Å²) in [7, 11) is 0. The van der Waals surface area contributed by atoms with E-state index >= 15 is 0 Å². The second kappa shape index (κ2) is 17.5. The Balaban J connectivity index is 0.000000201. The van der Waals surface area contributed by atoms with Crippen LogP contribution in [0.4, 0.5) is 0 Å². The van der Waals surface area contributed by atoms with Gasteiger partial charge in [-0.05, 0) is 161 Å². The van der Waals surface area contributed by atoms with Gasteiger partial charge >= 0.3 is 23.9 Å². The Morgan fingerprint density at radius 3 is 1.59 bits per heavy atom. The molecule has 6 bridgehead atoms. The zero-order chi connectivity index (χ0) is 38.4. The van der Waals surface area contributed by atoms with Gasteiger partial charge in [-0.25, -0.2) is 4.79 Å². The lowest BCUT2D eigenvalue weighted by Crippen LogP contribution is -2.58. The summed E-state index contributed by atoms with van der Waals surface area (Å²) in [5, 5.41) is 7.32. The van der Waals surface area contributed by atoms with Crippen molar-refractivity contribution >= 4 is 23.9 Å². The molecule has 51 heavy (non-hydrogen) atoms. The van der Waals surface area contributed by atoms with Crippen LogP contribution in [0.25, 0.3) is 0 Å². The Hall–Kier alpha value is -2.63. The van der Waals surface area contributed by atoms with Crippen LogP contribution >= 0.6 is 0 Å². The minimum absolute atomic E-state index is 0.00236. The van der Waals surface area contributed by atoms with Gasteiger partial charge in [0, 0.05) is 13.3 Å². The third kappa shape index (κ3) is 10.5. The van der Waals surface area contributed by atoms with Crippen LogP contribution < -0.4 is 0 Å². The van der Waals surface area contributed by atoms with E-state index in [1.807, 2.05) is 41.5 Å². The van der Waals surface area contributed by atoms with Crippen LogP contribution in [-0.4, -0.2) is 48.3 Å². The van der Waals surface area contributed by atoms with Crippen LogP contribution in [0.1, 0.15) is 160 Å². The number of ether oxygens (including phenoxy) is 4. The number of hydrogen-bond acceptors (Lipinski definition) is 9. The van der Waals surface area contributed by atoms with Gasteiger partial charge in [0.05, 0.1) is 28.9 Å². The minimum atomic E-state index is -0.687. The van der Waals surface area contributed by atoms with Crippen molar-refractivity contribution in [2.75, 3.05) is 6.61 Å². The molecule has 0 radical (unpaired) electrons. The summed E-state index contributed by atoms with van der Waals surface area (Å²) in [4.78, 5) is 47.0. The molecule has 1 aliphatic heterocycles. The average Bonchev–Trinajstić information content (AvgIpc) is 3.82. The summed E-state index contributed by atoms with van der Waals surface area (Å²) in [6.07, 6.45) is 14.1. The Labute approximate surface area is 308 Å². The van der Waals surface area contributed by atoms with Crippen LogP contribution in [0, 0.1) is 63.1 Å². The van der Waals surface area contributed by atoms with Crippen molar-refractivity contribution in [1.82, 2.24) is 0 Å². The highest BCUT2D eigenvalue weighted by Crippen LogP contribution is 2.59. The van der Waals surface area contributed by atoms with Gasteiger partial charge in [-0.3, -0.25) is 14.4 Å². The van der Waals surface area contributed by atoms with Crippen molar-refractivity contribution in [3.8, 4) is 6.07 Å². The zero-order valence-corrected chi connectivity index (χ0v) is 33.7. The van der Waals surface area contributed by atoms with Crippen molar-refractivity contribution in [2.45, 2.75) is 177 Å². The molecule has 0 spiro atoms. The number of nitriles is 1. The molecule has 4 atom stereocenters. The lowest BCUT2D eigenvalue weighted by molar-refractivity contribution is -0.211. The van der Waals surface area contributed by atoms with E-state index < -0.39 is 17.5 Å².